The number of hydrogen-bond donors (Lipinski definition) is 2. The second-order valence-corrected chi connectivity index (χ2v) is 3.71. The molecule has 1 atom stereocenters. The minimum absolute atomic E-state index is 0.311. The molecule has 0 aliphatic carbocycles. The standard InChI is InChI=1S/C11H14ClNO3/c12-5-6-16-9-3-1-8(2-4-9)7-10(13)11(14)15/h1-4,10H,5-7,13H2,(H,14,15). The number of rotatable bonds is 6. The van der Waals surface area contributed by atoms with Gasteiger partial charge in [-0.1, -0.05) is 12.1 Å². The summed E-state index contributed by atoms with van der Waals surface area (Å²) in [5.41, 5.74) is 6.29. The largest absolute Gasteiger partial charge is 0.492 e. The van der Waals surface area contributed by atoms with Crippen LogP contribution in [0.1, 0.15) is 5.56 Å². The first-order chi connectivity index (χ1) is 7.63. The lowest BCUT2D eigenvalue weighted by Crippen LogP contribution is -2.32. The number of alkyl halides is 1. The van der Waals surface area contributed by atoms with Gasteiger partial charge < -0.3 is 15.6 Å². The molecular formula is C11H14ClNO3. The summed E-state index contributed by atoms with van der Waals surface area (Å²) in [6, 6.07) is 6.28. The van der Waals surface area contributed by atoms with Gasteiger partial charge in [0.25, 0.3) is 0 Å². The third-order valence-corrected chi connectivity index (χ3v) is 2.20. The summed E-state index contributed by atoms with van der Waals surface area (Å²) in [7, 11) is 0. The highest BCUT2D eigenvalue weighted by atomic mass is 35.5. The van der Waals surface area contributed by atoms with E-state index in [0.717, 1.165) is 5.56 Å². The van der Waals surface area contributed by atoms with Crippen LogP contribution in [0.15, 0.2) is 24.3 Å². The first-order valence-electron chi connectivity index (χ1n) is 4.89. The number of benzene rings is 1. The predicted molar refractivity (Wildman–Crippen MR) is 62.0 cm³/mol. The molecule has 0 fully saturated rings. The molecule has 0 saturated carbocycles. The Kier molecular flexibility index (Phi) is 5.08. The molecule has 88 valence electrons. The molecular weight excluding hydrogens is 230 g/mol. The van der Waals surface area contributed by atoms with E-state index in [2.05, 4.69) is 0 Å². The maximum Gasteiger partial charge on any atom is 0.320 e. The van der Waals surface area contributed by atoms with Crippen LogP contribution < -0.4 is 10.5 Å². The molecule has 0 heterocycles. The van der Waals surface area contributed by atoms with E-state index in [-0.39, 0.29) is 0 Å². The van der Waals surface area contributed by atoms with Crippen LogP contribution in [0.2, 0.25) is 0 Å². The molecule has 0 amide bonds. The zero-order chi connectivity index (χ0) is 12.0. The normalized spacial score (nSPS) is 12.1. The summed E-state index contributed by atoms with van der Waals surface area (Å²) in [5.74, 6) is 0.154. The van der Waals surface area contributed by atoms with Crippen molar-refractivity contribution < 1.29 is 14.6 Å². The lowest BCUT2D eigenvalue weighted by atomic mass is 10.1. The van der Waals surface area contributed by atoms with Crippen molar-refractivity contribution in [3.8, 4) is 5.75 Å². The smallest absolute Gasteiger partial charge is 0.320 e. The van der Waals surface area contributed by atoms with Gasteiger partial charge in [0.2, 0.25) is 0 Å². The number of carboxylic acid groups (broad SMARTS) is 1. The maximum absolute atomic E-state index is 10.5. The summed E-state index contributed by atoms with van der Waals surface area (Å²) < 4.78 is 5.28. The van der Waals surface area contributed by atoms with Gasteiger partial charge >= 0.3 is 5.97 Å². The predicted octanol–water partition coefficient (Wildman–Crippen LogP) is 1.26. The van der Waals surface area contributed by atoms with Crippen LogP contribution in [0.4, 0.5) is 0 Å². The van der Waals surface area contributed by atoms with E-state index in [1.165, 1.54) is 0 Å². The van der Waals surface area contributed by atoms with E-state index in [1.807, 2.05) is 0 Å². The van der Waals surface area contributed by atoms with Crippen LogP contribution in [0.25, 0.3) is 0 Å². The number of halogens is 1. The minimum atomic E-state index is -0.998. The van der Waals surface area contributed by atoms with E-state index < -0.39 is 12.0 Å². The lowest BCUT2D eigenvalue weighted by molar-refractivity contribution is -0.138. The summed E-state index contributed by atoms with van der Waals surface area (Å²) >= 11 is 5.48. The minimum Gasteiger partial charge on any atom is -0.492 e. The van der Waals surface area contributed by atoms with Crippen molar-refractivity contribution in [2.24, 2.45) is 5.73 Å². The Morgan fingerprint density at radius 3 is 2.56 bits per heavy atom. The number of ether oxygens (including phenoxy) is 1. The molecule has 1 aromatic carbocycles. The van der Waals surface area contributed by atoms with Crippen LogP contribution in [0.5, 0.6) is 5.75 Å². The van der Waals surface area contributed by atoms with Gasteiger partial charge in [-0.15, -0.1) is 11.6 Å². The Balaban J connectivity index is 2.54. The topological polar surface area (TPSA) is 72.5 Å². The molecule has 0 bridgehead atoms. The highest BCUT2D eigenvalue weighted by Crippen LogP contribution is 2.13. The van der Waals surface area contributed by atoms with Gasteiger partial charge in [-0.3, -0.25) is 4.79 Å². The van der Waals surface area contributed by atoms with Crippen molar-refractivity contribution in [2.45, 2.75) is 12.5 Å². The molecule has 0 aliphatic heterocycles. The maximum atomic E-state index is 10.5. The van der Waals surface area contributed by atoms with E-state index in [9.17, 15) is 4.79 Å². The average molecular weight is 244 g/mol. The second-order valence-electron chi connectivity index (χ2n) is 3.33. The van der Waals surface area contributed by atoms with Gasteiger partial charge in [0.05, 0.1) is 5.88 Å². The van der Waals surface area contributed by atoms with Gasteiger partial charge in [-0.25, -0.2) is 0 Å². The molecule has 3 N–H and O–H groups in total. The first-order valence-corrected chi connectivity index (χ1v) is 5.43. The fraction of sp³-hybridized carbons (Fsp3) is 0.364. The number of nitrogens with two attached hydrogens (primary N) is 1. The second kappa shape index (κ2) is 6.35. The zero-order valence-corrected chi connectivity index (χ0v) is 9.48. The van der Waals surface area contributed by atoms with Crippen molar-refractivity contribution in [3.05, 3.63) is 29.8 Å². The molecule has 5 heteroatoms. The molecule has 0 saturated heterocycles. The van der Waals surface area contributed by atoms with Crippen LogP contribution in [-0.2, 0) is 11.2 Å². The highest BCUT2D eigenvalue weighted by Gasteiger charge is 2.11. The SMILES string of the molecule is NC(Cc1ccc(OCCCl)cc1)C(=O)O. The Hall–Kier alpha value is -1.26. The van der Waals surface area contributed by atoms with Crippen molar-refractivity contribution in [1.82, 2.24) is 0 Å². The van der Waals surface area contributed by atoms with E-state index >= 15 is 0 Å². The average Bonchev–Trinajstić information content (AvgIpc) is 2.28. The summed E-state index contributed by atoms with van der Waals surface area (Å²) in [4.78, 5) is 10.5. The third kappa shape index (κ3) is 4.08. The van der Waals surface area contributed by atoms with E-state index in [4.69, 9.17) is 27.2 Å². The summed E-state index contributed by atoms with van der Waals surface area (Å²) in [6.45, 7) is 0.454. The highest BCUT2D eigenvalue weighted by molar-refractivity contribution is 6.18. The molecule has 1 rings (SSSR count). The number of carboxylic acids is 1. The molecule has 0 aliphatic rings. The molecule has 1 unspecified atom stereocenters. The Bertz CT molecular complexity index is 340. The van der Waals surface area contributed by atoms with E-state index in [1.54, 1.807) is 24.3 Å². The van der Waals surface area contributed by atoms with Crippen molar-refractivity contribution >= 4 is 17.6 Å². The lowest BCUT2D eigenvalue weighted by Gasteiger charge is -2.08. The van der Waals surface area contributed by atoms with Crippen LogP contribution in [0, 0.1) is 0 Å². The summed E-state index contributed by atoms with van der Waals surface area (Å²) in [6.07, 6.45) is 0.311. The van der Waals surface area contributed by atoms with Crippen molar-refractivity contribution in [1.29, 1.82) is 0 Å². The van der Waals surface area contributed by atoms with Crippen LogP contribution >= 0.6 is 11.6 Å². The molecule has 1 aromatic rings. The van der Waals surface area contributed by atoms with Gasteiger partial charge in [-0.05, 0) is 24.1 Å². The number of aliphatic carboxylic acids is 1. The van der Waals surface area contributed by atoms with Gasteiger partial charge in [0, 0.05) is 0 Å². The van der Waals surface area contributed by atoms with Gasteiger partial charge in [0.15, 0.2) is 0 Å². The zero-order valence-electron chi connectivity index (χ0n) is 8.73. The van der Waals surface area contributed by atoms with Gasteiger partial charge in [-0.2, -0.15) is 0 Å². The van der Waals surface area contributed by atoms with Crippen LogP contribution in [-0.4, -0.2) is 29.6 Å². The van der Waals surface area contributed by atoms with Gasteiger partial charge in [0.1, 0.15) is 18.4 Å². The molecule has 0 spiro atoms. The molecule has 16 heavy (non-hydrogen) atoms. The Labute approximate surface area is 99.0 Å². The molecule has 0 radical (unpaired) electrons. The summed E-state index contributed by atoms with van der Waals surface area (Å²) in [5, 5.41) is 8.65. The first kappa shape index (κ1) is 12.8. The Morgan fingerprint density at radius 2 is 2.06 bits per heavy atom. The fourth-order valence-corrected chi connectivity index (χ4v) is 1.30. The number of hydrogen-bond acceptors (Lipinski definition) is 3. The van der Waals surface area contributed by atoms with Crippen LogP contribution in [0.3, 0.4) is 0 Å². The molecule has 0 aromatic heterocycles. The monoisotopic (exact) mass is 243 g/mol. The van der Waals surface area contributed by atoms with E-state index in [0.29, 0.717) is 24.7 Å². The Morgan fingerprint density at radius 1 is 1.44 bits per heavy atom. The van der Waals surface area contributed by atoms with Crippen molar-refractivity contribution in [2.75, 3.05) is 12.5 Å². The quantitative estimate of drug-likeness (QED) is 0.738. The number of carbonyl (C=O) groups is 1. The fourth-order valence-electron chi connectivity index (χ4n) is 1.22. The molecule has 4 nitrogen and oxygen atoms in total. The third-order valence-electron chi connectivity index (χ3n) is 2.04. The van der Waals surface area contributed by atoms with Crippen molar-refractivity contribution in [3.63, 3.8) is 0 Å².